The number of anilines is 2. The first-order valence-electron chi connectivity index (χ1n) is 5.56. The van der Waals surface area contributed by atoms with Crippen molar-refractivity contribution in [3.63, 3.8) is 0 Å². The zero-order valence-corrected chi connectivity index (χ0v) is 10.4. The monoisotopic (exact) mass is 253 g/mol. The Balaban J connectivity index is 2.43. The molecule has 17 heavy (non-hydrogen) atoms. The molecule has 1 heterocycles. The summed E-state index contributed by atoms with van der Waals surface area (Å²) in [4.78, 5) is 23.8. The van der Waals surface area contributed by atoms with Crippen LogP contribution in [0.4, 0.5) is 10.7 Å². The molecule has 5 N–H and O–H groups in total. The maximum absolute atomic E-state index is 12.0. The van der Waals surface area contributed by atoms with Gasteiger partial charge in [-0.1, -0.05) is 0 Å². The Hall–Kier alpha value is -1.56. The predicted molar refractivity (Wildman–Crippen MR) is 68.5 cm³/mol. The summed E-state index contributed by atoms with van der Waals surface area (Å²) in [6.07, 6.45) is 1.83. The van der Waals surface area contributed by atoms with E-state index in [-0.39, 0.29) is 23.0 Å². The van der Waals surface area contributed by atoms with Gasteiger partial charge in [0, 0.05) is 12.5 Å². The van der Waals surface area contributed by atoms with Crippen molar-refractivity contribution < 1.29 is 9.59 Å². The number of carbonyl (C=O) groups excluding carboxylic acids is 2. The van der Waals surface area contributed by atoms with Crippen LogP contribution < -0.4 is 16.8 Å². The maximum atomic E-state index is 12.0. The standard InChI is InChI=1S/C11H15N3O2S/c1-2-14-11-6(10(13)16)7(12)9(17-11)8(15)5-3-4-5/h5,14H,2-4,12H2,1H3,(H2,13,16). The van der Waals surface area contributed by atoms with Crippen molar-refractivity contribution in [2.24, 2.45) is 11.7 Å². The lowest BCUT2D eigenvalue weighted by atomic mass is 10.1. The molecule has 1 fully saturated rings. The third-order valence-electron chi connectivity index (χ3n) is 2.70. The summed E-state index contributed by atoms with van der Waals surface area (Å²) in [5.41, 5.74) is 11.6. The topological polar surface area (TPSA) is 98.2 Å². The molecule has 6 heteroatoms. The van der Waals surface area contributed by atoms with Gasteiger partial charge >= 0.3 is 0 Å². The highest BCUT2D eigenvalue weighted by atomic mass is 32.1. The lowest BCUT2D eigenvalue weighted by Crippen LogP contribution is -2.15. The first-order valence-corrected chi connectivity index (χ1v) is 6.38. The number of amides is 1. The van der Waals surface area contributed by atoms with Gasteiger partial charge in [0.1, 0.15) is 5.00 Å². The van der Waals surface area contributed by atoms with Crippen LogP contribution in [0.2, 0.25) is 0 Å². The van der Waals surface area contributed by atoms with Gasteiger partial charge in [-0.2, -0.15) is 0 Å². The van der Waals surface area contributed by atoms with Crippen LogP contribution in [-0.2, 0) is 0 Å². The number of hydrogen-bond acceptors (Lipinski definition) is 5. The highest BCUT2D eigenvalue weighted by Gasteiger charge is 2.34. The fourth-order valence-corrected chi connectivity index (χ4v) is 2.90. The molecule has 1 aliphatic carbocycles. The van der Waals surface area contributed by atoms with Gasteiger partial charge in [0.25, 0.3) is 5.91 Å². The minimum absolute atomic E-state index is 0.0409. The molecule has 1 amide bonds. The van der Waals surface area contributed by atoms with Gasteiger partial charge in [0.05, 0.1) is 16.1 Å². The first kappa shape index (κ1) is 11.9. The van der Waals surface area contributed by atoms with E-state index in [1.165, 1.54) is 11.3 Å². The number of thiophene rings is 1. The molecular weight excluding hydrogens is 238 g/mol. The molecule has 0 aliphatic heterocycles. The molecule has 5 nitrogen and oxygen atoms in total. The van der Waals surface area contributed by atoms with Crippen LogP contribution in [0.1, 0.15) is 39.8 Å². The Morgan fingerprint density at radius 1 is 1.47 bits per heavy atom. The number of rotatable bonds is 5. The Kier molecular flexibility index (Phi) is 3.06. The lowest BCUT2D eigenvalue weighted by molar-refractivity contribution is 0.0972. The van der Waals surface area contributed by atoms with Gasteiger partial charge in [-0.25, -0.2) is 0 Å². The molecule has 92 valence electrons. The summed E-state index contributed by atoms with van der Waals surface area (Å²) in [6.45, 7) is 2.56. The summed E-state index contributed by atoms with van der Waals surface area (Å²) in [5.74, 6) is -0.463. The normalized spacial score (nSPS) is 14.6. The van der Waals surface area contributed by atoms with Crippen LogP contribution >= 0.6 is 11.3 Å². The summed E-state index contributed by atoms with van der Waals surface area (Å²) in [6, 6.07) is 0. The number of ketones is 1. The average molecular weight is 253 g/mol. The van der Waals surface area contributed by atoms with Crippen LogP contribution in [0.25, 0.3) is 0 Å². The van der Waals surface area contributed by atoms with Gasteiger partial charge in [-0.05, 0) is 19.8 Å². The third-order valence-corrected chi connectivity index (χ3v) is 3.88. The molecule has 1 aromatic rings. The third kappa shape index (κ3) is 2.12. The predicted octanol–water partition coefficient (Wildman–Crippen LogP) is 1.45. The maximum Gasteiger partial charge on any atom is 0.253 e. The summed E-state index contributed by atoms with van der Waals surface area (Å²) in [5, 5.41) is 3.62. The minimum atomic E-state index is -0.593. The molecule has 1 aliphatic rings. The highest BCUT2D eigenvalue weighted by Crippen LogP contribution is 2.41. The molecule has 0 spiro atoms. The molecular formula is C11H15N3O2S. The van der Waals surface area contributed by atoms with Crippen molar-refractivity contribution >= 4 is 33.7 Å². The van der Waals surface area contributed by atoms with E-state index in [2.05, 4.69) is 5.32 Å². The fraction of sp³-hybridized carbons (Fsp3) is 0.455. The number of Topliss-reactive ketones (excluding diaryl/α,β-unsaturated/α-hetero) is 1. The second-order valence-electron chi connectivity index (χ2n) is 4.08. The largest absolute Gasteiger partial charge is 0.397 e. The number of nitrogen functional groups attached to an aromatic ring is 1. The van der Waals surface area contributed by atoms with Crippen molar-refractivity contribution in [3.8, 4) is 0 Å². The van der Waals surface area contributed by atoms with Crippen LogP contribution in [0, 0.1) is 5.92 Å². The van der Waals surface area contributed by atoms with Gasteiger partial charge < -0.3 is 16.8 Å². The van der Waals surface area contributed by atoms with Gasteiger partial charge in [0.15, 0.2) is 5.78 Å². The lowest BCUT2D eigenvalue weighted by Gasteiger charge is -2.01. The number of carbonyl (C=O) groups is 2. The van der Waals surface area contributed by atoms with E-state index in [4.69, 9.17) is 11.5 Å². The molecule has 0 bridgehead atoms. The van der Waals surface area contributed by atoms with E-state index < -0.39 is 5.91 Å². The van der Waals surface area contributed by atoms with Crippen molar-refractivity contribution in [2.45, 2.75) is 19.8 Å². The van der Waals surface area contributed by atoms with Crippen LogP contribution in [-0.4, -0.2) is 18.2 Å². The van der Waals surface area contributed by atoms with E-state index in [9.17, 15) is 9.59 Å². The van der Waals surface area contributed by atoms with Crippen molar-refractivity contribution in [1.82, 2.24) is 0 Å². The van der Waals surface area contributed by atoms with Crippen molar-refractivity contribution in [1.29, 1.82) is 0 Å². The van der Waals surface area contributed by atoms with Crippen LogP contribution in [0.5, 0.6) is 0 Å². The van der Waals surface area contributed by atoms with E-state index >= 15 is 0 Å². The number of primary amides is 1. The number of hydrogen-bond donors (Lipinski definition) is 3. The van der Waals surface area contributed by atoms with Crippen molar-refractivity contribution in [3.05, 3.63) is 10.4 Å². The van der Waals surface area contributed by atoms with Crippen LogP contribution in [0.15, 0.2) is 0 Å². The quantitative estimate of drug-likeness (QED) is 0.692. The van der Waals surface area contributed by atoms with Crippen molar-refractivity contribution in [2.75, 3.05) is 17.6 Å². The van der Waals surface area contributed by atoms with Crippen LogP contribution in [0.3, 0.4) is 0 Å². The molecule has 0 aromatic carbocycles. The van der Waals surface area contributed by atoms with E-state index in [1.54, 1.807) is 0 Å². The SMILES string of the molecule is CCNc1sc(C(=O)C2CC2)c(N)c1C(N)=O. The molecule has 1 aromatic heterocycles. The molecule has 0 saturated heterocycles. The molecule has 0 unspecified atom stereocenters. The van der Waals surface area contributed by atoms with E-state index in [0.29, 0.717) is 16.4 Å². The minimum Gasteiger partial charge on any atom is -0.397 e. The van der Waals surface area contributed by atoms with E-state index in [1.807, 2.05) is 6.92 Å². The fourth-order valence-electron chi connectivity index (χ4n) is 1.69. The summed E-state index contributed by atoms with van der Waals surface area (Å²) in [7, 11) is 0. The van der Waals surface area contributed by atoms with Gasteiger partial charge in [0.2, 0.25) is 0 Å². The second kappa shape index (κ2) is 4.37. The number of nitrogens with one attached hydrogen (secondary N) is 1. The molecule has 2 rings (SSSR count). The summed E-state index contributed by atoms with van der Waals surface area (Å²) >= 11 is 1.23. The Bertz CT molecular complexity index is 477. The second-order valence-corrected chi connectivity index (χ2v) is 5.10. The first-order chi connectivity index (χ1) is 8.06. The zero-order chi connectivity index (χ0) is 12.6. The Labute approximate surface area is 103 Å². The highest BCUT2D eigenvalue weighted by molar-refractivity contribution is 7.19. The molecule has 0 atom stereocenters. The van der Waals surface area contributed by atoms with E-state index in [0.717, 1.165) is 12.8 Å². The average Bonchev–Trinajstić information content (AvgIpc) is 3.03. The Morgan fingerprint density at radius 3 is 2.59 bits per heavy atom. The smallest absolute Gasteiger partial charge is 0.253 e. The van der Waals surface area contributed by atoms with Gasteiger partial charge in [-0.3, -0.25) is 9.59 Å². The zero-order valence-electron chi connectivity index (χ0n) is 9.58. The number of nitrogens with two attached hydrogens (primary N) is 2. The molecule has 1 saturated carbocycles. The van der Waals surface area contributed by atoms with Gasteiger partial charge in [-0.15, -0.1) is 11.3 Å². The molecule has 0 radical (unpaired) electrons. The summed E-state index contributed by atoms with van der Waals surface area (Å²) < 4.78 is 0. The Morgan fingerprint density at radius 2 is 2.12 bits per heavy atom.